The summed E-state index contributed by atoms with van der Waals surface area (Å²) in [5.41, 5.74) is 10.5. The number of nitrogens with zero attached hydrogens (tertiary/aromatic N) is 2. The third kappa shape index (κ3) is 5.89. The van der Waals surface area contributed by atoms with Crippen LogP contribution in [0.5, 0.6) is 0 Å². The first-order valence-electron chi connectivity index (χ1n) is 16.6. The van der Waals surface area contributed by atoms with E-state index in [2.05, 4.69) is 196 Å². The van der Waals surface area contributed by atoms with Gasteiger partial charge in [0.15, 0.2) is 0 Å². The molecule has 0 atom stereocenters. The van der Waals surface area contributed by atoms with Gasteiger partial charge in [0.25, 0.3) is 0 Å². The minimum atomic E-state index is 1.11. The van der Waals surface area contributed by atoms with Crippen molar-refractivity contribution >= 4 is 60.8 Å². The molecule has 0 saturated carbocycles. The first kappa shape index (κ1) is 30.8. The summed E-state index contributed by atoms with van der Waals surface area (Å²) in [6, 6.07) is 48.8. The van der Waals surface area contributed by atoms with Crippen molar-refractivity contribution < 1.29 is 0 Å². The molecule has 0 aliphatic heterocycles. The lowest BCUT2D eigenvalue weighted by atomic mass is 9.93. The van der Waals surface area contributed by atoms with E-state index >= 15 is 0 Å². The van der Waals surface area contributed by atoms with Gasteiger partial charge in [0, 0.05) is 34.0 Å². The number of rotatable bonds is 8. The SMILES string of the molecule is C=C/C(C)=C\C=C\N(c1ccc(C)cc1)c1cc2c3ccccc3c(N(c3ccc(C)cc3)c3ccc(C)cc3)cc2c2ccccc12. The summed E-state index contributed by atoms with van der Waals surface area (Å²) in [4.78, 5) is 4.71. The lowest BCUT2D eigenvalue weighted by Gasteiger charge is -2.29. The molecule has 7 aromatic carbocycles. The molecular formula is C46H40N2. The highest BCUT2D eigenvalue weighted by Crippen LogP contribution is 2.46. The van der Waals surface area contributed by atoms with Crippen molar-refractivity contribution in [3.63, 3.8) is 0 Å². The summed E-state index contributed by atoms with van der Waals surface area (Å²) in [6.07, 6.45) is 8.26. The van der Waals surface area contributed by atoms with Gasteiger partial charge in [-0.25, -0.2) is 0 Å². The number of aryl methyl sites for hydroxylation is 3. The summed E-state index contributed by atoms with van der Waals surface area (Å²) in [5.74, 6) is 0. The fourth-order valence-electron chi connectivity index (χ4n) is 6.47. The minimum absolute atomic E-state index is 1.11. The smallest absolute Gasteiger partial charge is 0.0546 e. The average molecular weight is 621 g/mol. The highest BCUT2D eigenvalue weighted by atomic mass is 15.1. The van der Waals surface area contributed by atoms with Crippen LogP contribution in [-0.4, -0.2) is 0 Å². The zero-order valence-electron chi connectivity index (χ0n) is 28.1. The molecule has 0 aromatic heterocycles. The minimum Gasteiger partial charge on any atom is -0.317 e. The third-order valence-corrected chi connectivity index (χ3v) is 9.15. The molecular weight excluding hydrogens is 581 g/mol. The van der Waals surface area contributed by atoms with Crippen LogP contribution in [0.1, 0.15) is 23.6 Å². The Balaban J connectivity index is 1.54. The maximum atomic E-state index is 3.93. The van der Waals surface area contributed by atoms with Crippen molar-refractivity contribution in [3.8, 4) is 0 Å². The molecule has 0 bridgehead atoms. The molecule has 0 radical (unpaired) electrons. The fraction of sp³-hybridized carbons (Fsp3) is 0.0870. The van der Waals surface area contributed by atoms with E-state index in [0.717, 1.165) is 34.0 Å². The van der Waals surface area contributed by atoms with Gasteiger partial charge in [0.1, 0.15) is 0 Å². The molecule has 0 amide bonds. The molecule has 0 heterocycles. The van der Waals surface area contributed by atoms with Gasteiger partial charge in [-0.15, -0.1) is 0 Å². The standard InChI is InChI=1S/C46H40N2/c1-6-32(2)12-11-29-47(36-23-17-33(3)18-24-36)45-30-43-40-14-8-10-16-42(40)46(31-44(43)39-13-7-9-15-41(39)45)48(37-25-19-34(4)20-26-37)38-27-21-35(5)22-28-38/h6-31H,1H2,2-5H3/b29-11+,32-12-. The summed E-state index contributed by atoms with van der Waals surface area (Å²) < 4.78 is 0. The van der Waals surface area contributed by atoms with Gasteiger partial charge in [0.2, 0.25) is 0 Å². The second-order valence-corrected chi connectivity index (χ2v) is 12.6. The Morgan fingerprint density at radius 1 is 0.500 bits per heavy atom. The molecule has 0 aliphatic rings. The van der Waals surface area contributed by atoms with Gasteiger partial charge < -0.3 is 9.80 Å². The van der Waals surface area contributed by atoms with E-state index in [0.29, 0.717) is 0 Å². The maximum absolute atomic E-state index is 3.93. The van der Waals surface area contributed by atoms with E-state index in [1.165, 1.54) is 49.0 Å². The molecule has 7 rings (SSSR count). The number of hydrogen-bond donors (Lipinski definition) is 0. The van der Waals surface area contributed by atoms with Crippen molar-refractivity contribution in [2.45, 2.75) is 27.7 Å². The number of allylic oxidation sites excluding steroid dienone is 4. The second-order valence-electron chi connectivity index (χ2n) is 12.6. The van der Waals surface area contributed by atoms with Gasteiger partial charge in [-0.05, 0) is 104 Å². The predicted molar refractivity (Wildman–Crippen MR) is 210 cm³/mol. The highest BCUT2D eigenvalue weighted by Gasteiger charge is 2.20. The average Bonchev–Trinajstić information content (AvgIpc) is 3.12. The second kappa shape index (κ2) is 13.1. The van der Waals surface area contributed by atoms with Crippen LogP contribution < -0.4 is 9.80 Å². The fourth-order valence-corrected chi connectivity index (χ4v) is 6.47. The number of hydrogen-bond acceptors (Lipinski definition) is 2. The maximum Gasteiger partial charge on any atom is 0.0546 e. The van der Waals surface area contributed by atoms with Crippen LogP contribution in [0, 0.1) is 20.8 Å². The van der Waals surface area contributed by atoms with Crippen LogP contribution in [0.2, 0.25) is 0 Å². The Morgan fingerprint density at radius 3 is 1.40 bits per heavy atom. The number of anilines is 5. The van der Waals surface area contributed by atoms with Crippen LogP contribution in [0.15, 0.2) is 170 Å². The molecule has 0 unspecified atom stereocenters. The van der Waals surface area contributed by atoms with Crippen LogP contribution in [0.3, 0.4) is 0 Å². The van der Waals surface area contributed by atoms with Crippen molar-refractivity contribution in [3.05, 3.63) is 187 Å². The Hall–Kier alpha value is -5.86. The van der Waals surface area contributed by atoms with Crippen LogP contribution in [0.4, 0.5) is 28.4 Å². The van der Waals surface area contributed by atoms with Crippen molar-refractivity contribution in [1.29, 1.82) is 0 Å². The normalized spacial score (nSPS) is 11.9. The quantitative estimate of drug-likeness (QED) is 0.123. The van der Waals surface area contributed by atoms with E-state index in [4.69, 9.17) is 0 Å². The molecule has 2 nitrogen and oxygen atoms in total. The van der Waals surface area contributed by atoms with E-state index in [1.807, 2.05) is 6.08 Å². The van der Waals surface area contributed by atoms with Gasteiger partial charge >= 0.3 is 0 Å². The monoisotopic (exact) mass is 620 g/mol. The lowest BCUT2D eigenvalue weighted by molar-refractivity contribution is 1.28. The Morgan fingerprint density at radius 2 is 0.917 bits per heavy atom. The van der Waals surface area contributed by atoms with E-state index in [-0.39, 0.29) is 0 Å². The Bertz CT molecular complexity index is 2280. The van der Waals surface area contributed by atoms with Crippen molar-refractivity contribution in [2.75, 3.05) is 9.80 Å². The Labute approximate surface area is 284 Å². The molecule has 2 heteroatoms. The molecule has 48 heavy (non-hydrogen) atoms. The molecule has 0 fully saturated rings. The molecule has 0 aliphatic carbocycles. The number of benzene rings is 7. The van der Waals surface area contributed by atoms with E-state index in [9.17, 15) is 0 Å². The molecule has 234 valence electrons. The van der Waals surface area contributed by atoms with E-state index < -0.39 is 0 Å². The first-order valence-corrected chi connectivity index (χ1v) is 16.6. The van der Waals surface area contributed by atoms with Gasteiger partial charge in [-0.3, -0.25) is 0 Å². The van der Waals surface area contributed by atoms with Gasteiger partial charge in [0.05, 0.1) is 11.4 Å². The largest absolute Gasteiger partial charge is 0.317 e. The van der Waals surface area contributed by atoms with Crippen molar-refractivity contribution in [2.24, 2.45) is 0 Å². The molecule has 0 saturated heterocycles. The van der Waals surface area contributed by atoms with Crippen LogP contribution in [-0.2, 0) is 0 Å². The summed E-state index contributed by atoms with van der Waals surface area (Å²) in [5, 5.41) is 7.28. The Kier molecular flexibility index (Phi) is 8.40. The number of fused-ring (bicyclic) bond motifs is 5. The summed E-state index contributed by atoms with van der Waals surface area (Å²) >= 11 is 0. The van der Waals surface area contributed by atoms with Gasteiger partial charge in [-0.1, -0.05) is 126 Å². The highest BCUT2D eigenvalue weighted by molar-refractivity contribution is 6.24. The van der Waals surface area contributed by atoms with Crippen molar-refractivity contribution in [1.82, 2.24) is 0 Å². The third-order valence-electron chi connectivity index (χ3n) is 9.15. The predicted octanol–water partition coefficient (Wildman–Crippen LogP) is 13.3. The van der Waals surface area contributed by atoms with Crippen LogP contribution in [0.25, 0.3) is 32.3 Å². The molecule has 0 N–H and O–H groups in total. The molecule has 7 aromatic rings. The van der Waals surface area contributed by atoms with Gasteiger partial charge in [-0.2, -0.15) is 0 Å². The summed E-state index contributed by atoms with van der Waals surface area (Å²) in [6.45, 7) is 12.4. The topological polar surface area (TPSA) is 6.48 Å². The zero-order chi connectivity index (χ0) is 33.2. The van der Waals surface area contributed by atoms with Crippen LogP contribution >= 0.6 is 0 Å². The molecule has 0 spiro atoms. The van der Waals surface area contributed by atoms with E-state index in [1.54, 1.807) is 0 Å². The zero-order valence-corrected chi connectivity index (χ0v) is 28.1. The first-order chi connectivity index (χ1) is 23.4. The summed E-state index contributed by atoms with van der Waals surface area (Å²) in [7, 11) is 0. The lowest BCUT2D eigenvalue weighted by Crippen LogP contribution is -2.11.